The van der Waals surface area contributed by atoms with E-state index in [4.69, 9.17) is 0 Å². The van der Waals surface area contributed by atoms with Gasteiger partial charge in [0.05, 0.1) is 11.3 Å². The van der Waals surface area contributed by atoms with Crippen molar-refractivity contribution in [3.8, 4) is 0 Å². The maximum atomic E-state index is 12.6. The van der Waals surface area contributed by atoms with E-state index in [1.807, 2.05) is 0 Å². The van der Waals surface area contributed by atoms with E-state index in [1.165, 1.54) is 6.07 Å². The molecule has 1 heterocycles. The summed E-state index contributed by atoms with van der Waals surface area (Å²) in [6.45, 7) is 0.0697. The summed E-state index contributed by atoms with van der Waals surface area (Å²) in [5.74, 6) is -0.0273. The molecule has 5 nitrogen and oxygen atoms in total. The van der Waals surface area contributed by atoms with Gasteiger partial charge in [-0.1, -0.05) is 6.07 Å². The molecule has 1 aromatic carbocycles. The zero-order valence-corrected chi connectivity index (χ0v) is 11.7. The summed E-state index contributed by atoms with van der Waals surface area (Å²) in [5.41, 5.74) is -1.10. The normalized spacial score (nSPS) is 17.8. The van der Waals surface area contributed by atoms with Gasteiger partial charge in [0.1, 0.15) is 5.78 Å². The van der Waals surface area contributed by atoms with Gasteiger partial charge in [0.25, 0.3) is 0 Å². The molecule has 0 bridgehead atoms. The molecule has 0 spiro atoms. The first-order valence-corrected chi connectivity index (χ1v) is 7.59. The van der Waals surface area contributed by atoms with Crippen molar-refractivity contribution in [3.05, 3.63) is 29.8 Å². The SMILES string of the molecule is O=C1CCN(S(=O)(=O)Nc2cccc(C(F)(F)F)c2)CC1. The van der Waals surface area contributed by atoms with E-state index < -0.39 is 21.9 Å². The van der Waals surface area contributed by atoms with Crippen molar-refractivity contribution in [2.75, 3.05) is 17.8 Å². The first-order valence-electron chi connectivity index (χ1n) is 6.15. The molecule has 1 N–H and O–H groups in total. The van der Waals surface area contributed by atoms with Crippen molar-refractivity contribution >= 4 is 21.7 Å². The van der Waals surface area contributed by atoms with Gasteiger partial charge in [-0.05, 0) is 18.2 Å². The second kappa shape index (κ2) is 5.64. The quantitative estimate of drug-likeness (QED) is 0.926. The molecule has 0 aromatic heterocycles. The fourth-order valence-corrected chi connectivity index (χ4v) is 3.17. The number of alkyl halides is 3. The zero-order chi connectivity index (χ0) is 15.7. The van der Waals surface area contributed by atoms with Crippen molar-refractivity contribution < 1.29 is 26.4 Å². The van der Waals surface area contributed by atoms with Crippen LogP contribution in [0.25, 0.3) is 0 Å². The number of rotatable bonds is 3. The molecule has 1 aromatic rings. The van der Waals surface area contributed by atoms with Crippen molar-refractivity contribution in [3.63, 3.8) is 0 Å². The van der Waals surface area contributed by atoms with E-state index in [1.54, 1.807) is 0 Å². The fraction of sp³-hybridized carbons (Fsp3) is 0.417. The molecule has 0 unspecified atom stereocenters. The fourth-order valence-electron chi connectivity index (χ4n) is 1.95. The first kappa shape index (κ1) is 15.8. The van der Waals surface area contributed by atoms with E-state index in [9.17, 15) is 26.4 Å². The van der Waals surface area contributed by atoms with Crippen LogP contribution in [0.5, 0.6) is 0 Å². The zero-order valence-electron chi connectivity index (χ0n) is 10.9. The minimum absolute atomic E-state index is 0.0273. The predicted molar refractivity (Wildman–Crippen MR) is 69.8 cm³/mol. The number of nitrogens with zero attached hydrogens (tertiary/aromatic N) is 1. The standard InChI is InChI=1S/C12H13F3N2O3S/c13-12(14,15)9-2-1-3-10(8-9)16-21(19,20)17-6-4-11(18)5-7-17/h1-3,8,16H,4-7H2. The van der Waals surface area contributed by atoms with Crippen LogP contribution in [0.1, 0.15) is 18.4 Å². The molecule has 1 fully saturated rings. The van der Waals surface area contributed by atoms with Crippen LogP contribution >= 0.6 is 0 Å². The number of halogens is 3. The van der Waals surface area contributed by atoms with Crippen molar-refractivity contribution in [1.29, 1.82) is 0 Å². The summed E-state index contributed by atoms with van der Waals surface area (Å²) >= 11 is 0. The number of carbonyl (C=O) groups is 1. The van der Waals surface area contributed by atoms with Gasteiger partial charge in [0.2, 0.25) is 0 Å². The van der Waals surface area contributed by atoms with Gasteiger partial charge in [-0.2, -0.15) is 25.9 Å². The highest BCUT2D eigenvalue weighted by Gasteiger charge is 2.31. The molecule has 116 valence electrons. The van der Waals surface area contributed by atoms with Gasteiger partial charge in [0, 0.05) is 25.9 Å². The molecule has 9 heteroatoms. The van der Waals surface area contributed by atoms with Crippen LogP contribution in [0, 0.1) is 0 Å². The van der Waals surface area contributed by atoms with Gasteiger partial charge in [-0.25, -0.2) is 0 Å². The Bertz CT molecular complexity index is 633. The summed E-state index contributed by atoms with van der Waals surface area (Å²) in [6.07, 6.45) is -4.31. The summed E-state index contributed by atoms with van der Waals surface area (Å²) < 4.78 is 65.0. The van der Waals surface area contributed by atoms with Crippen molar-refractivity contribution in [2.45, 2.75) is 19.0 Å². The van der Waals surface area contributed by atoms with Crippen LogP contribution in [0.3, 0.4) is 0 Å². The van der Waals surface area contributed by atoms with E-state index >= 15 is 0 Å². The van der Waals surface area contributed by atoms with Gasteiger partial charge < -0.3 is 0 Å². The lowest BCUT2D eigenvalue weighted by Crippen LogP contribution is -2.41. The number of carbonyl (C=O) groups excluding carboxylic acids is 1. The highest BCUT2D eigenvalue weighted by atomic mass is 32.2. The van der Waals surface area contributed by atoms with Gasteiger partial charge in [-0.15, -0.1) is 0 Å². The summed E-state index contributed by atoms with van der Waals surface area (Å²) in [5, 5.41) is 0. The molecule has 0 amide bonds. The van der Waals surface area contributed by atoms with E-state index in [2.05, 4.69) is 4.72 Å². The lowest BCUT2D eigenvalue weighted by Gasteiger charge is -2.25. The van der Waals surface area contributed by atoms with Crippen LogP contribution < -0.4 is 4.72 Å². The van der Waals surface area contributed by atoms with Crippen LogP contribution in [-0.4, -0.2) is 31.6 Å². The summed E-state index contributed by atoms with van der Waals surface area (Å²) in [4.78, 5) is 11.1. The number of hydrogen-bond acceptors (Lipinski definition) is 3. The van der Waals surface area contributed by atoms with Gasteiger partial charge >= 0.3 is 16.4 Å². The van der Waals surface area contributed by atoms with Gasteiger partial charge in [-0.3, -0.25) is 9.52 Å². The molecule has 0 atom stereocenters. The second-order valence-electron chi connectivity index (χ2n) is 4.62. The summed E-state index contributed by atoms with van der Waals surface area (Å²) in [7, 11) is -3.96. The van der Waals surface area contributed by atoms with E-state index in [-0.39, 0.29) is 37.4 Å². The van der Waals surface area contributed by atoms with E-state index in [0.717, 1.165) is 22.5 Å². The third kappa shape index (κ3) is 3.94. The third-order valence-electron chi connectivity index (χ3n) is 3.06. The summed E-state index contributed by atoms with van der Waals surface area (Å²) in [6, 6.07) is 3.95. The van der Waals surface area contributed by atoms with Crippen LogP contribution in [-0.2, 0) is 21.2 Å². The maximum Gasteiger partial charge on any atom is 0.416 e. The maximum absolute atomic E-state index is 12.6. The number of nitrogens with one attached hydrogen (secondary N) is 1. The minimum atomic E-state index is -4.54. The Hall–Kier alpha value is -1.61. The average Bonchev–Trinajstić information content (AvgIpc) is 2.38. The van der Waals surface area contributed by atoms with E-state index in [0.29, 0.717) is 0 Å². The molecule has 21 heavy (non-hydrogen) atoms. The van der Waals surface area contributed by atoms with Crippen LogP contribution in [0.15, 0.2) is 24.3 Å². The molecular weight excluding hydrogens is 309 g/mol. The Balaban J connectivity index is 2.15. The molecular formula is C12H13F3N2O3S. The molecule has 0 saturated carbocycles. The average molecular weight is 322 g/mol. The van der Waals surface area contributed by atoms with Crippen LogP contribution in [0.4, 0.5) is 18.9 Å². The smallest absolute Gasteiger partial charge is 0.300 e. The minimum Gasteiger partial charge on any atom is -0.300 e. The number of piperidine rings is 1. The molecule has 1 aliphatic rings. The number of ketones is 1. The predicted octanol–water partition coefficient (Wildman–Crippen LogP) is 2.03. The number of anilines is 1. The Morgan fingerprint density at radius 1 is 1.14 bits per heavy atom. The molecule has 0 aliphatic carbocycles. The Morgan fingerprint density at radius 3 is 2.33 bits per heavy atom. The monoisotopic (exact) mass is 322 g/mol. The topological polar surface area (TPSA) is 66.5 Å². The second-order valence-corrected chi connectivity index (χ2v) is 6.29. The Morgan fingerprint density at radius 2 is 1.76 bits per heavy atom. The molecule has 1 saturated heterocycles. The van der Waals surface area contributed by atoms with Gasteiger partial charge in [0.15, 0.2) is 0 Å². The van der Waals surface area contributed by atoms with Crippen molar-refractivity contribution in [2.24, 2.45) is 0 Å². The Labute approximate surface area is 119 Å². The Kier molecular flexibility index (Phi) is 4.24. The third-order valence-corrected chi connectivity index (χ3v) is 4.60. The number of hydrogen-bond donors (Lipinski definition) is 1. The number of Topliss-reactive ketones (excluding diaryl/α,β-unsaturated/α-hetero) is 1. The number of benzene rings is 1. The highest BCUT2D eigenvalue weighted by molar-refractivity contribution is 7.90. The molecule has 2 rings (SSSR count). The molecule has 0 radical (unpaired) electrons. The first-order chi connectivity index (χ1) is 9.68. The largest absolute Gasteiger partial charge is 0.416 e. The lowest BCUT2D eigenvalue weighted by molar-refractivity contribution is -0.137. The van der Waals surface area contributed by atoms with Crippen LogP contribution in [0.2, 0.25) is 0 Å². The van der Waals surface area contributed by atoms with Crippen molar-refractivity contribution in [1.82, 2.24) is 4.31 Å². The molecule has 1 aliphatic heterocycles. The lowest BCUT2D eigenvalue weighted by atomic mass is 10.1. The highest BCUT2D eigenvalue weighted by Crippen LogP contribution is 2.31.